The van der Waals surface area contributed by atoms with Crippen LogP contribution in [0.1, 0.15) is 5.56 Å². The minimum absolute atomic E-state index is 0.827. The van der Waals surface area contributed by atoms with E-state index in [1.165, 1.54) is 5.56 Å². The lowest BCUT2D eigenvalue weighted by Crippen LogP contribution is -2.20. The van der Waals surface area contributed by atoms with E-state index in [2.05, 4.69) is 30.7 Å². The fourth-order valence-corrected chi connectivity index (χ4v) is 1.32. The van der Waals surface area contributed by atoms with Crippen LogP contribution in [0.25, 0.3) is 0 Å². The first-order valence-corrected chi connectivity index (χ1v) is 4.86. The molecule has 0 aromatic heterocycles. The molecule has 2 heteroatoms. The van der Waals surface area contributed by atoms with Crippen LogP contribution in [-0.4, -0.2) is 25.0 Å². The van der Waals surface area contributed by atoms with Crippen molar-refractivity contribution in [2.75, 3.05) is 25.9 Å². The molecule has 0 unspecified atom stereocenters. The van der Waals surface area contributed by atoms with Crippen molar-refractivity contribution in [1.82, 2.24) is 4.90 Å². The predicted octanol–water partition coefficient (Wildman–Crippen LogP) is 1.93. The van der Waals surface area contributed by atoms with Crippen LogP contribution in [-0.2, 0) is 6.42 Å². The van der Waals surface area contributed by atoms with E-state index in [0.29, 0.717) is 0 Å². The molecule has 1 aromatic carbocycles. The van der Waals surface area contributed by atoms with Gasteiger partial charge in [-0.15, -0.1) is 6.58 Å². The average molecular weight is 190 g/mol. The van der Waals surface area contributed by atoms with Crippen LogP contribution in [0.3, 0.4) is 0 Å². The fourth-order valence-electron chi connectivity index (χ4n) is 1.32. The quantitative estimate of drug-likeness (QED) is 0.568. The Balaban J connectivity index is 2.37. The van der Waals surface area contributed by atoms with E-state index < -0.39 is 0 Å². The summed E-state index contributed by atoms with van der Waals surface area (Å²) in [5.74, 6) is 0. The van der Waals surface area contributed by atoms with Crippen LogP contribution in [0.15, 0.2) is 36.9 Å². The lowest BCUT2D eigenvalue weighted by Gasteiger charge is -2.13. The van der Waals surface area contributed by atoms with Crippen LogP contribution in [0.5, 0.6) is 0 Å². The van der Waals surface area contributed by atoms with Gasteiger partial charge in [-0.05, 0) is 31.2 Å². The second kappa shape index (κ2) is 5.45. The molecule has 0 aliphatic heterocycles. The molecule has 14 heavy (non-hydrogen) atoms. The molecule has 0 atom stereocenters. The van der Waals surface area contributed by atoms with Gasteiger partial charge in [0.05, 0.1) is 0 Å². The highest BCUT2D eigenvalue weighted by Crippen LogP contribution is 2.06. The van der Waals surface area contributed by atoms with E-state index in [1.54, 1.807) is 0 Å². The molecule has 0 fully saturated rings. The van der Waals surface area contributed by atoms with Gasteiger partial charge < -0.3 is 10.6 Å². The van der Waals surface area contributed by atoms with E-state index >= 15 is 0 Å². The topological polar surface area (TPSA) is 29.3 Å². The van der Waals surface area contributed by atoms with Gasteiger partial charge in [0.15, 0.2) is 0 Å². The summed E-state index contributed by atoms with van der Waals surface area (Å²) in [5, 5.41) is 0. The first-order valence-electron chi connectivity index (χ1n) is 4.86. The van der Waals surface area contributed by atoms with Gasteiger partial charge in [-0.1, -0.05) is 18.2 Å². The van der Waals surface area contributed by atoms with Crippen molar-refractivity contribution in [3.63, 3.8) is 0 Å². The molecule has 0 saturated carbocycles. The third-order valence-corrected chi connectivity index (χ3v) is 2.20. The Morgan fingerprint density at radius 3 is 2.57 bits per heavy atom. The highest BCUT2D eigenvalue weighted by atomic mass is 15.1. The maximum Gasteiger partial charge on any atom is 0.0314 e. The number of benzene rings is 1. The number of rotatable bonds is 5. The summed E-state index contributed by atoms with van der Waals surface area (Å²) in [6, 6.07) is 8.06. The Labute approximate surface area is 86.0 Å². The van der Waals surface area contributed by atoms with E-state index in [0.717, 1.165) is 25.2 Å². The lowest BCUT2D eigenvalue weighted by atomic mass is 10.1. The van der Waals surface area contributed by atoms with Gasteiger partial charge in [-0.2, -0.15) is 0 Å². The second-order valence-electron chi connectivity index (χ2n) is 3.54. The maximum absolute atomic E-state index is 5.61. The van der Waals surface area contributed by atoms with Gasteiger partial charge in [0.1, 0.15) is 0 Å². The zero-order valence-corrected chi connectivity index (χ0v) is 8.74. The monoisotopic (exact) mass is 190 g/mol. The van der Waals surface area contributed by atoms with Crippen molar-refractivity contribution in [2.45, 2.75) is 6.42 Å². The number of likely N-dealkylation sites (N-methyl/N-ethyl adjacent to an activating group) is 1. The number of anilines is 1. The summed E-state index contributed by atoms with van der Waals surface area (Å²) in [6.07, 6.45) is 2.98. The van der Waals surface area contributed by atoms with E-state index in [9.17, 15) is 0 Å². The summed E-state index contributed by atoms with van der Waals surface area (Å²) >= 11 is 0. The summed E-state index contributed by atoms with van der Waals surface area (Å²) in [5.41, 5.74) is 7.76. The molecule has 0 radical (unpaired) electrons. The molecule has 76 valence electrons. The molecule has 0 bridgehead atoms. The molecule has 2 N–H and O–H groups in total. The van der Waals surface area contributed by atoms with Crippen LogP contribution >= 0.6 is 0 Å². The van der Waals surface area contributed by atoms with E-state index in [1.807, 2.05) is 18.2 Å². The van der Waals surface area contributed by atoms with Gasteiger partial charge in [0.2, 0.25) is 0 Å². The summed E-state index contributed by atoms with van der Waals surface area (Å²) in [7, 11) is 2.10. The SMILES string of the molecule is C=CCN(C)CCc1ccc(N)cc1. The van der Waals surface area contributed by atoms with Crippen molar-refractivity contribution in [1.29, 1.82) is 0 Å². The normalized spacial score (nSPS) is 10.4. The number of hydrogen-bond donors (Lipinski definition) is 1. The van der Waals surface area contributed by atoms with Gasteiger partial charge in [-0.25, -0.2) is 0 Å². The molecule has 0 amide bonds. The Bertz CT molecular complexity index is 277. The maximum atomic E-state index is 5.61. The van der Waals surface area contributed by atoms with Gasteiger partial charge in [0, 0.05) is 18.8 Å². The van der Waals surface area contributed by atoms with Crippen LogP contribution in [0.2, 0.25) is 0 Å². The molecule has 0 aliphatic rings. The molecule has 0 heterocycles. The number of nitrogen functional groups attached to an aromatic ring is 1. The minimum atomic E-state index is 0.827. The first-order chi connectivity index (χ1) is 6.72. The number of nitrogens with two attached hydrogens (primary N) is 1. The van der Waals surface area contributed by atoms with Crippen molar-refractivity contribution in [2.24, 2.45) is 0 Å². The average Bonchev–Trinajstić information content (AvgIpc) is 2.17. The van der Waals surface area contributed by atoms with Crippen molar-refractivity contribution in [3.05, 3.63) is 42.5 Å². The molecule has 1 rings (SSSR count). The summed E-state index contributed by atoms with van der Waals surface area (Å²) < 4.78 is 0. The van der Waals surface area contributed by atoms with Crippen molar-refractivity contribution in [3.8, 4) is 0 Å². The zero-order valence-electron chi connectivity index (χ0n) is 8.74. The highest BCUT2D eigenvalue weighted by Gasteiger charge is 1.96. The Morgan fingerprint density at radius 2 is 2.00 bits per heavy atom. The van der Waals surface area contributed by atoms with Crippen molar-refractivity contribution < 1.29 is 0 Å². The molecule has 0 saturated heterocycles. The molecule has 0 spiro atoms. The Kier molecular flexibility index (Phi) is 4.20. The largest absolute Gasteiger partial charge is 0.399 e. The fraction of sp³-hybridized carbons (Fsp3) is 0.333. The van der Waals surface area contributed by atoms with E-state index in [-0.39, 0.29) is 0 Å². The molecular weight excluding hydrogens is 172 g/mol. The molecule has 2 nitrogen and oxygen atoms in total. The Morgan fingerprint density at radius 1 is 1.36 bits per heavy atom. The predicted molar refractivity (Wildman–Crippen MR) is 62.3 cm³/mol. The van der Waals surface area contributed by atoms with Crippen LogP contribution < -0.4 is 5.73 Å². The van der Waals surface area contributed by atoms with Gasteiger partial charge in [-0.3, -0.25) is 0 Å². The number of hydrogen-bond acceptors (Lipinski definition) is 2. The van der Waals surface area contributed by atoms with E-state index in [4.69, 9.17) is 5.73 Å². The number of nitrogens with zero attached hydrogens (tertiary/aromatic N) is 1. The smallest absolute Gasteiger partial charge is 0.0314 e. The summed E-state index contributed by atoms with van der Waals surface area (Å²) in [4.78, 5) is 2.24. The first kappa shape index (κ1) is 10.8. The molecule has 1 aromatic rings. The minimum Gasteiger partial charge on any atom is -0.399 e. The standard InChI is InChI=1S/C12H18N2/c1-3-9-14(2)10-8-11-4-6-12(13)7-5-11/h3-7H,1,8-10,13H2,2H3. The summed E-state index contributed by atoms with van der Waals surface area (Å²) in [6.45, 7) is 5.70. The lowest BCUT2D eigenvalue weighted by molar-refractivity contribution is 0.375. The zero-order chi connectivity index (χ0) is 10.4. The highest BCUT2D eigenvalue weighted by molar-refractivity contribution is 5.39. The van der Waals surface area contributed by atoms with Gasteiger partial charge >= 0.3 is 0 Å². The van der Waals surface area contributed by atoms with Crippen LogP contribution in [0, 0.1) is 0 Å². The van der Waals surface area contributed by atoms with Gasteiger partial charge in [0.25, 0.3) is 0 Å². The van der Waals surface area contributed by atoms with Crippen molar-refractivity contribution >= 4 is 5.69 Å². The molecule has 0 aliphatic carbocycles. The Hall–Kier alpha value is -1.28. The van der Waals surface area contributed by atoms with Crippen LogP contribution in [0.4, 0.5) is 5.69 Å². The third-order valence-electron chi connectivity index (χ3n) is 2.20. The second-order valence-corrected chi connectivity index (χ2v) is 3.54. The molecular formula is C12H18N2. The third kappa shape index (κ3) is 3.62.